The first-order valence-corrected chi connectivity index (χ1v) is 5.55. The molecule has 0 unspecified atom stereocenters. The largest absolute Gasteiger partial charge is 0.410 e. The minimum Gasteiger partial charge on any atom is -0.410 e. The number of benzene rings is 1. The van der Waals surface area contributed by atoms with E-state index in [9.17, 15) is 0 Å². The highest BCUT2D eigenvalue weighted by atomic mass is 35.5. The van der Waals surface area contributed by atoms with Gasteiger partial charge in [-0.3, -0.25) is 0 Å². The molecular weight excluding hydrogens is 212 g/mol. The second-order valence-electron chi connectivity index (χ2n) is 3.71. The van der Waals surface area contributed by atoms with Gasteiger partial charge in [0.2, 0.25) is 10.5 Å². The Bertz CT molecular complexity index is 299. The summed E-state index contributed by atoms with van der Waals surface area (Å²) in [4.78, 5) is 0. The van der Waals surface area contributed by atoms with Crippen LogP contribution in [0.3, 0.4) is 0 Å². The summed E-state index contributed by atoms with van der Waals surface area (Å²) in [6, 6.07) is 8.20. The van der Waals surface area contributed by atoms with Crippen LogP contribution in [0.4, 0.5) is 0 Å². The molecule has 0 heterocycles. The summed E-state index contributed by atoms with van der Waals surface area (Å²) in [5, 5.41) is 0. The first-order chi connectivity index (χ1) is 6.61. The van der Waals surface area contributed by atoms with Crippen LogP contribution in [0.2, 0.25) is 0 Å². The van der Waals surface area contributed by atoms with E-state index < -0.39 is 0 Å². The second kappa shape index (κ2) is 4.96. The molecule has 14 heavy (non-hydrogen) atoms. The molecule has 3 heteroatoms. The minimum absolute atomic E-state index is 0.320. The van der Waals surface area contributed by atoms with Gasteiger partial charge in [-0.1, -0.05) is 24.3 Å². The normalized spacial score (nSPS) is 11.7. The van der Waals surface area contributed by atoms with E-state index >= 15 is 0 Å². The van der Waals surface area contributed by atoms with E-state index in [0.29, 0.717) is 5.88 Å². The first kappa shape index (κ1) is 11.8. The Morgan fingerprint density at radius 1 is 1.36 bits per heavy atom. The minimum atomic E-state index is -0.320. The maximum atomic E-state index is 5.75. The third kappa shape index (κ3) is 2.59. The Balaban J connectivity index is 3.06. The van der Waals surface area contributed by atoms with Crippen LogP contribution in [0.15, 0.2) is 24.3 Å². The average molecular weight is 226 g/mol. The lowest BCUT2D eigenvalue weighted by Crippen LogP contribution is -2.22. The van der Waals surface area contributed by atoms with Crippen LogP contribution < -0.4 is 0 Å². The molecule has 1 aromatic carbocycles. The first-order valence-electron chi connectivity index (χ1n) is 4.61. The number of rotatable bonds is 4. The van der Waals surface area contributed by atoms with Gasteiger partial charge in [-0.2, -0.15) is 0 Å². The van der Waals surface area contributed by atoms with E-state index in [0.717, 1.165) is 6.42 Å². The Hall–Kier alpha value is -0.313. The summed E-state index contributed by atoms with van der Waals surface area (Å²) in [6.07, 6.45) is 0.872. The highest BCUT2D eigenvalue weighted by molar-refractivity contribution is 6.18. The van der Waals surface area contributed by atoms with E-state index in [1.165, 1.54) is 11.1 Å². The Labute approximate surface area is 94.0 Å². The van der Waals surface area contributed by atoms with Crippen molar-refractivity contribution in [3.05, 3.63) is 35.4 Å². The van der Waals surface area contributed by atoms with Crippen LogP contribution >= 0.6 is 11.6 Å². The zero-order valence-corrected chi connectivity index (χ0v) is 10.3. The maximum Gasteiger partial charge on any atom is 0.247 e. The predicted octanol–water partition coefficient (Wildman–Crippen LogP) is 2.80. The summed E-state index contributed by atoms with van der Waals surface area (Å²) in [5.74, 6) is 0.634. The van der Waals surface area contributed by atoms with Gasteiger partial charge in [0, 0.05) is 5.88 Å². The Kier molecular flexibility index (Phi) is 4.17. The molecular formula is C11H14ClOSi. The van der Waals surface area contributed by atoms with E-state index in [4.69, 9.17) is 16.0 Å². The standard InChI is InChI=1S/C11H14ClOSi/c1-11(2,13-14)10-6-4-3-5-9(10)7-8-12/h3-6H,7-8H2,1-2H3. The fourth-order valence-corrected chi connectivity index (χ4v) is 1.80. The molecule has 0 saturated carbocycles. The van der Waals surface area contributed by atoms with Crippen molar-refractivity contribution in [1.29, 1.82) is 0 Å². The smallest absolute Gasteiger partial charge is 0.247 e. The van der Waals surface area contributed by atoms with Gasteiger partial charge in [-0.05, 0) is 31.4 Å². The molecule has 0 aliphatic rings. The van der Waals surface area contributed by atoms with E-state index in [1.807, 2.05) is 26.0 Å². The number of hydrogen-bond donors (Lipinski definition) is 0. The summed E-state index contributed by atoms with van der Waals surface area (Å²) in [6.45, 7) is 4.04. The van der Waals surface area contributed by atoms with Crippen molar-refractivity contribution in [1.82, 2.24) is 0 Å². The van der Waals surface area contributed by atoms with E-state index in [1.54, 1.807) is 0 Å². The topological polar surface area (TPSA) is 9.23 Å². The summed E-state index contributed by atoms with van der Waals surface area (Å²) in [7, 11) is 3.11. The second-order valence-corrected chi connectivity index (χ2v) is 4.29. The molecule has 0 spiro atoms. The molecule has 3 radical (unpaired) electrons. The monoisotopic (exact) mass is 225 g/mol. The highest BCUT2D eigenvalue weighted by Crippen LogP contribution is 2.27. The third-order valence-electron chi connectivity index (χ3n) is 2.28. The van der Waals surface area contributed by atoms with Crippen molar-refractivity contribution in [3.63, 3.8) is 0 Å². The van der Waals surface area contributed by atoms with Crippen LogP contribution in [-0.4, -0.2) is 16.4 Å². The van der Waals surface area contributed by atoms with Crippen molar-refractivity contribution in [2.45, 2.75) is 25.9 Å². The Morgan fingerprint density at radius 3 is 2.57 bits per heavy atom. The van der Waals surface area contributed by atoms with Crippen LogP contribution in [0, 0.1) is 0 Å². The summed E-state index contributed by atoms with van der Waals surface area (Å²) < 4.78 is 5.27. The van der Waals surface area contributed by atoms with Crippen molar-refractivity contribution >= 4 is 22.1 Å². The van der Waals surface area contributed by atoms with Gasteiger partial charge < -0.3 is 4.43 Å². The molecule has 1 nitrogen and oxygen atoms in total. The summed E-state index contributed by atoms with van der Waals surface area (Å²) >= 11 is 5.75. The summed E-state index contributed by atoms with van der Waals surface area (Å²) in [5.41, 5.74) is 2.10. The van der Waals surface area contributed by atoms with Gasteiger partial charge in [-0.15, -0.1) is 11.6 Å². The zero-order valence-electron chi connectivity index (χ0n) is 8.51. The maximum absolute atomic E-state index is 5.75. The quantitative estimate of drug-likeness (QED) is 0.566. The fourth-order valence-electron chi connectivity index (χ4n) is 1.48. The molecule has 0 saturated heterocycles. The lowest BCUT2D eigenvalue weighted by atomic mass is 9.92. The van der Waals surface area contributed by atoms with Crippen LogP contribution in [0.25, 0.3) is 0 Å². The molecule has 75 valence electrons. The van der Waals surface area contributed by atoms with E-state index in [2.05, 4.69) is 22.6 Å². The van der Waals surface area contributed by atoms with Gasteiger partial charge in [0.25, 0.3) is 0 Å². The van der Waals surface area contributed by atoms with Gasteiger partial charge in [0.15, 0.2) is 0 Å². The van der Waals surface area contributed by atoms with Crippen molar-refractivity contribution in [3.8, 4) is 0 Å². The number of alkyl halides is 1. The SMILES string of the molecule is CC(C)(O[Si])c1ccccc1CCCl. The molecule has 0 aliphatic heterocycles. The van der Waals surface area contributed by atoms with Gasteiger partial charge in [0.05, 0.1) is 5.60 Å². The van der Waals surface area contributed by atoms with Crippen molar-refractivity contribution in [2.24, 2.45) is 0 Å². The van der Waals surface area contributed by atoms with E-state index in [-0.39, 0.29) is 5.60 Å². The van der Waals surface area contributed by atoms with Crippen LogP contribution in [0.1, 0.15) is 25.0 Å². The van der Waals surface area contributed by atoms with Crippen LogP contribution in [-0.2, 0) is 16.4 Å². The third-order valence-corrected chi connectivity index (χ3v) is 2.98. The van der Waals surface area contributed by atoms with Crippen LogP contribution in [0.5, 0.6) is 0 Å². The predicted molar refractivity (Wildman–Crippen MR) is 60.7 cm³/mol. The molecule has 0 fully saturated rings. The zero-order chi connectivity index (χ0) is 10.6. The number of aryl methyl sites for hydroxylation is 1. The molecule has 1 rings (SSSR count). The molecule has 1 aromatic rings. The Morgan fingerprint density at radius 2 is 2.00 bits per heavy atom. The molecule has 0 bridgehead atoms. The number of halogens is 1. The van der Waals surface area contributed by atoms with Crippen molar-refractivity contribution < 1.29 is 4.43 Å². The van der Waals surface area contributed by atoms with Gasteiger partial charge in [-0.25, -0.2) is 0 Å². The van der Waals surface area contributed by atoms with Crippen molar-refractivity contribution in [2.75, 3.05) is 5.88 Å². The molecule has 0 atom stereocenters. The fraction of sp³-hybridized carbons (Fsp3) is 0.455. The average Bonchev–Trinajstić information content (AvgIpc) is 2.19. The van der Waals surface area contributed by atoms with Gasteiger partial charge in [0.1, 0.15) is 0 Å². The molecule has 0 N–H and O–H groups in total. The number of hydrogen-bond acceptors (Lipinski definition) is 1. The van der Waals surface area contributed by atoms with Gasteiger partial charge >= 0.3 is 0 Å². The molecule has 0 amide bonds. The lowest BCUT2D eigenvalue weighted by molar-refractivity contribution is 0.122. The lowest BCUT2D eigenvalue weighted by Gasteiger charge is -2.26. The highest BCUT2D eigenvalue weighted by Gasteiger charge is 2.21. The molecule has 0 aromatic heterocycles. The molecule has 0 aliphatic carbocycles.